The SMILES string of the molecule is CCC1=[C]([Hf+2][C]2=CC=CC2)CC=C1.[H-].[H-]. The van der Waals surface area contributed by atoms with Crippen molar-refractivity contribution in [2.75, 3.05) is 0 Å². The van der Waals surface area contributed by atoms with E-state index in [0.717, 1.165) is 0 Å². The van der Waals surface area contributed by atoms with E-state index in [1.54, 1.807) is 8.90 Å². The van der Waals surface area contributed by atoms with Crippen LogP contribution < -0.4 is 0 Å². The molecule has 0 heterocycles. The molecule has 0 N–H and O–H groups in total. The molecule has 0 aromatic carbocycles. The summed E-state index contributed by atoms with van der Waals surface area (Å²) in [7, 11) is 0. The summed E-state index contributed by atoms with van der Waals surface area (Å²) in [6.07, 6.45) is 15.3. The van der Waals surface area contributed by atoms with Crippen molar-refractivity contribution in [2.45, 2.75) is 26.2 Å². The predicted octanol–water partition coefficient (Wildman–Crippen LogP) is 3.76. The van der Waals surface area contributed by atoms with Crippen LogP contribution in [0.2, 0.25) is 0 Å². The molecule has 0 radical (unpaired) electrons. The Morgan fingerprint density at radius 3 is 3.00 bits per heavy atom. The molecule has 2 rings (SSSR count). The zero-order valence-electron chi connectivity index (χ0n) is 10.0. The van der Waals surface area contributed by atoms with E-state index in [0.29, 0.717) is 0 Å². The van der Waals surface area contributed by atoms with Crippen LogP contribution in [0.3, 0.4) is 0 Å². The van der Waals surface area contributed by atoms with E-state index in [2.05, 4.69) is 37.3 Å². The molecular formula is C12H16Hf. The van der Waals surface area contributed by atoms with Crippen LogP contribution in [0.15, 0.2) is 42.6 Å². The quantitative estimate of drug-likeness (QED) is 0.687. The third-order valence-corrected chi connectivity index (χ3v) is 7.95. The van der Waals surface area contributed by atoms with Gasteiger partial charge < -0.3 is 2.85 Å². The van der Waals surface area contributed by atoms with Gasteiger partial charge in [-0.3, -0.25) is 0 Å². The van der Waals surface area contributed by atoms with E-state index in [9.17, 15) is 0 Å². The Kier molecular flexibility index (Phi) is 3.15. The number of hydrogen-bond donors (Lipinski definition) is 0. The van der Waals surface area contributed by atoms with Crippen LogP contribution in [0.4, 0.5) is 0 Å². The standard InChI is InChI=1S/C7H9.C5H5.Hf.2H/c1-2-7-5-3-4-6-7;1-2-4-5-3-1;;;/h3,5H,2,4H2,1H3;1-3H,4H2;;;/q;;+2;2*-1. The van der Waals surface area contributed by atoms with Gasteiger partial charge in [0.2, 0.25) is 0 Å². The molecule has 0 nitrogen and oxygen atoms in total. The maximum absolute atomic E-state index is 2.35. The van der Waals surface area contributed by atoms with Crippen LogP contribution >= 0.6 is 0 Å². The van der Waals surface area contributed by atoms with E-state index in [4.69, 9.17) is 0 Å². The van der Waals surface area contributed by atoms with Crippen LogP contribution in [-0.2, 0) is 22.9 Å². The molecule has 0 unspecified atom stereocenters. The Hall–Kier alpha value is -0.170. The fourth-order valence-corrected chi connectivity index (χ4v) is 6.88. The van der Waals surface area contributed by atoms with E-state index in [1.807, 2.05) is 3.33 Å². The zero-order chi connectivity index (χ0) is 9.10. The minimum absolute atomic E-state index is 0. The van der Waals surface area contributed by atoms with Gasteiger partial charge in [0.15, 0.2) is 0 Å². The summed E-state index contributed by atoms with van der Waals surface area (Å²) < 4.78 is 3.60. The van der Waals surface area contributed by atoms with Gasteiger partial charge in [-0.25, -0.2) is 0 Å². The van der Waals surface area contributed by atoms with Gasteiger partial charge in [0.1, 0.15) is 0 Å². The van der Waals surface area contributed by atoms with Gasteiger partial charge in [-0.2, -0.15) is 0 Å². The molecule has 0 fully saturated rings. The number of allylic oxidation sites excluding steroid dienone is 8. The molecule has 0 aromatic rings. The van der Waals surface area contributed by atoms with Crippen molar-refractivity contribution in [3.05, 3.63) is 42.6 Å². The van der Waals surface area contributed by atoms with Crippen molar-refractivity contribution in [1.82, 2.24) is 0 Å². The molecule has 2 aliphatic carbocycles. The molecule has 0 bridgehead atoms. The third-order valence-electron chi connectivity index (χ3n) is 2.49. The van der Waals surface area contributed by atoms with Gasteiger partial charge in [0.05, 0.1) is 0 Å². The molecule has 0 saturated heterocycles. The van der Waals surface area contributed by atoms with E-state index in [-0.39, 0.29) is 2.85 Å². The summed E-state index contributed by atoms with van der Waals surface area (Å²) >= 11 is -0.589. The van der Waals surface area contributed by atoms with Crippen LogP contribution in [0.5, 0.6) is 0 Å². The summed E-state index contributed by atoms with van der Waals surface area (Å²) in [6, 6.07) is 0. The zero-order valence-corrected chi connectivity index (χ0v) is 11.6. The minimum atomic E-state index is -0.589. The summed E-state index contributed by atoms with van der Waals surface area (Å²) in [5.41, 5.74) is 1.65. The molecule has 0 amide bonds. The first-order valence-corrected chi connectivity index (χ1v) is 8.50. The van der Waals surface area contributed by atoms with Crippen LogP contribution in [0.25, 0.3) is 0 Å². The van der Waals surface area contributed by atoms with Crippen LogP contribution in [0.1, 0.15) is 29.0 Å². The monoisotopic (exact) mass is 340 g/mol. The molecule has 2 aliphatic rings. The average Bonchev–Trinajstić information content (AvgIpc) is 2.76. The summed E-state index contributed by atoms with van der Waals surface area (Å²) in [4.78, 5) is 0. The smallest absolute Gasteiger partial charge is 1.00 e. The summed E-state index contributed by atoms with van der Waals surface area (Å²) in [6.45, 7) is 2.27. The topological polar surface area (TPSA) is 0 Å². The Morgan fingerprint density at radius 2 is 2.31 bits per heavy atom. The summed E-state index contributed by atoms with van der Waals surface area (Å²) in [5, 5.41) is 0. The Bertz CT molecular complexity index is 325. The minimum Gasteiger partial charge on any atom is -1.00 e. The van der Waals surface area contributed by atoms with Crippen LogP contribution in [0, 0.1) is 0 Å². The molecule has 0 aliphatic heterocycles. The first-order chi connectivity index (χ1) is 6.40. The first kappa shape index (κ1) is 9.39. The summed E-state index contributed by atoms with van der Waals surface area (Å²) in [5.74, 6) is 0. The van der Waals surface area contributed by atoms with Gasteiger partial charge >= 0.3 is 91.7 Å². The van der Waals surface area contributed by atoms with Crippen LogP contribution in [-0.4, -0.2) is 0 Å². The predicted molar refractivity (Wildman–Crippen MR) is 55.1 cm³/mol. The van der Waals surface area contributed by atoms with Crippen molar-refractivity contribution in [3.8, 4) is 0 Å². The Balaban J connectivity index is 0.000000980. The van der Waals surface area contributed by atoms with Gasteiger partial charge in [0, 0.05) is 0 Å². The van der Waals surface area contributed by atoms with Crippen molar-refractivity contribution in [1.29, 1.82) is 0 Å². The fourth-order valence-electron chi connectivity index (χ4n) is 1.75. The van der Waals surface area contributed by atoms with Crippen molar-refractivity contribution < 1.29 is 25.8 Å². The molecule has 68 valence electrons. The maximum atomic E-state index is 2.35. The largest absolute Gasteiger partial charge is 1.00 e. The van der Waals surface area contributed by atoms with Crippen molar-refractivity contribution >= 4 is 0 Å². The normalized spacial score (nSPS) is 19.6. The second-order valence-corrected chi connectivity index (χ2v) is 8.79. The second-order valence-electron chi connectivity index (χ2n) is 3.41. The van der Waals surface area contributed by atoms with E-state index >= 15 is 0 Å². The average molecular weight is 339 g/mol. The molecule has 1 heteroatoms. The van der Waals surface area contributed by atoms with Crippen molar-refractivity contribution in [2.24, 2.45) is 0 Å². The van der Waals surface area contributed by atoms with E-state index in [1.165, 1.54) is 19.3 Å². The molecule has 0 spiro atoms. The Morgan fingerprint density at radius 1 is 1.38 bits per heavy atom. The van der Waals surface area contributed by atoms with Gasteiger partial charge in [-0.15, -0.1) is 0 Å². The number of hydrogen-bond acceptors (Lipinski definition) is 0. The Labute approximate surface area is 94.4 Å². The second kappa shape index (κ2) is 4.36. The molecule has 0 aromatic heterocycles. The first-order valence-electron chi connectivity index (χ1n) is 4.91. The molecule has 0 saturated carbocycles. The number of rotatable bonds is 3. The molecule has 13 heavy (non-hydrogen) atoms. The van der Waals surface area contributed by atoms with Crippen molar-refractivity contribution in [3.63, 3.8) is 0 Å². The van der Waals surface area contributed by atoms with Gasteiger partial charge in [-0.05, 0) is 0 Å². The molecular weight excluding hydrogens is 323 g/mol. The van der Waals surface area contributed by atoms with E-state index < -0.39 is 22.9 Å². The maximum Gasteiger partial charge on any atom is -1.00 e. The third kappa shape index (κ3) is 2.19. The van der Waals surface area contributed by atoms with Gasteiger partial charge in [0.25, 0.3) is 0 Å². The van der Waals surface area contributed by atoms with Gasteiger partial charge in [-0.1, -0.05) is 0 Å². The fraction of sp³-hybridized carbons (Fsp3) is 0.333. The molecule has 0 atom stereocenters.